The van der Waals surface area contributed by atoms with Gasteiger partial charge < -0.3 is 14.8 Å². The summed E-state index contributed by atoms with van der Waals surface area (Å²) < 4.78 is 11.2. The number of ether oxygens (including phenoxy) is 2. The quantitative estimate of drug-likeness (QED) is 0.592. The highest BCUT2D eigenvalue weighted by Gasteiger charge is 2.15. The summed E-state index contributed by atoms with van der Waals surface area (Å²) in [6.45, 7) is 5.56. The normalized spacial score (nSPS) is 10.5. The molecule has 146 valence electrons. The van der Waals surface area contributed by atoms with E-state index in [1.54, 1.807) is 6.20 Å². The Bertz CT molecular complexity index is 906. The van der Waals surface area contributed by atoms with Crippen molar-refractivity contribution in [3.8, 4) is 22.8 Å². The van der Waals surface area contributed by atoms with Crippen molar-refractivity contribution < 1.29 is 14.3 Å². The van der Waals surface area contributed by atoms with Gasteiger partial charge in [-0.1, -0.05) is 36.4 Å². The van der Waals surface area contributed by atoms with Crippen molar-refractivity contribution in [2.24, 2.45) is 0 Å². The Morgan fingerprint density at radius 3 is 2.54 bits per heavy atom. The molecule has 1 amide bonds. The molecule has 2 N–H and O–H groups in total. The standard InChI is InChI=1S/C22H25N3O3/c1-3-27-19-11-10-16(14-20(19)28-4-2)12-13-23-22(26)18-15-24-25-21(18)17-8-6-5-7-9-17/h5-11,14-15H,3-4,12-13H2,1-2H3,(H,23,26)(H,24,25). The van der Waals surface area contributed by atoms with E-state index in [2.05, 4.69) is 15.5 Å². The fourth-order valence-corrected chi connectivity index (χ4v) is 2.95. The van der Waals surface area contributed by atoms with Crippen LogP contribution in [0.15, 0.2) is 54.7 Å². The molecule has 0 bridgehead atoms. The predicted molar refractivity (Wildman–Crippen MR) is 109 cm³/mol. The van der Waals surface area contributed by atoms with Gasteiger partial charge in [0.05, 0.1) is 30.7 Å². The zero-order chi connectivity index (χ0) is 19.8. The van der Waals surface area contributed by atoms with Gasteiger partial charge >= 0.3 is 0 Å². The number of benzene rings is 2. The fourth-order valence-electron chi connectivity index (χ4n) is 2.95. The maximum Gasteiger partial charge on any atom is 0.255 e. The SMILES string of the molecule is CCOc1ccc(CCNC(=O)c2cn[nH]c2-c2ccccc2)cc1OCC. The first-order valence-electron chi connectivity index (χ1n) is 9.48. The summed E-state index contributed by atoms with van der Waals surface area (Å²) in [5, 5.41) is 9.90. The lowest BCUT2D eigenvalue weighted by Gasteiger charge is -2.12. The number of carbonyl (C=O) groups is 1. The van der Waals surface area contributed by atoms with Crippen molar-refractivity contribution in [3.63, 3.8) is 0 Å². The monoisotopic (exact) mass is 379 g/mol. The Kier molecular flexibility index (Phi) is 6.68. The number of hydrogen-bond acceptors (Lipinski definition) is 4. The van der Waals surface area contributed by atoms with Gasteiger partial charge in [0.15, 0.2) is 11.5 Å². The zero-order valence-corrected chi connectivity index (χ0v) is 16.2. The summed E-state index contributed by atoms with van der Waals surface area (Å²) in [4.78, 5) is 12.6. The Balaban J connectivity index is 1.62. The lowest BCUT2D eigenvalue weighted by molar-refractivity contribution is 0.0955. The molecule has 28 heavy (non-hydrogen) atoms. The van der Waals surface area contributed by atoms with Gasteiger partial charge in [0.25, 0.3) is 5.91 Å². The number of rotatable bonds is 9. The maximum absolute atomic E-state index is 12.6. The van der Waals surface area contributed by atoms with Gasteiger partial charge in [-0.3, -0.25) is 9.89 Å². The van der Waals surface area contributed by atoms with Crippen LogP contribution in [0.1, 0.15) is 29.8 Å². The second kappa shape index (κ2) is 9.60. The molecule has 3 rings (SSSR count). The molecule has 0 radical (unpaired) electrons. The van der Waals surface area contributed by atoms with E-state index in [1.807, 2.05) is 62.4 Å². The lowest BCUT2D eigenvalue weighted by Crippen LogP contribution is -2.25. The van der Waals surface area contributed by atoms with Crippen LogP contribution in [0.5, 0.6) is 11.5 Å². The number of H-pyrrole nitrogens is 1. The van der Waals surface area contributed by atoms with E-state index in [1.165, 1.54) is 0 Å². The highest BCUT2D eigenvalue weighted by molar-refractivity contribution is 5.99. The molecule has 0 saturated heterocycles. The van der Waals surface area contributed by atoms with Crippen LogP contribution in [0.3, 0.4) is 0 Å². The molecular formula is C22H25N3O3. The van der Waals surface area contributed by atoms with Crippen LogP contribution in [-0.2, 0) is 6.42 Å². The van der Waals surface area contributed by atoms with Gasteiger partial charge in [-0.2, -0.15) is 5.10 Å². The summed E-state index contributed by atoms with van der Waals surface area (Å²) in [7, 11) is 0. The van der Waals surface area contributed by atoms with E-state index in [9.17, 15) is 4.79 Å². The number of aromatic nitrogens is 2. The van der Waals surface area contributed by atoms with Gasteiger partial charge in [-0.05, 0) is 38.0 Å². The molecule has 0 spiro atoms. The average Bonchev–Trinajstić information content (AvgIpc) is 3.21. The number of aromatic amines is 1. The van der Waals surface area contributed by atoms with E-state index >= 15 is 0 Å². The molecule has 6 nitrogen and oxygen atoms in total. The van der Waals surface area contributed by atoms with Crippen LogP contribution >= 0.6 is 0 Å². The zero-order valence-electron chi connectivity index (χ0n) is 16.2. The van der Waals surface area contributed by atoms with Gasteiger partial charge in [0, 0.05) is 12.1 Å². The number of carbonyl (C=O) groups excluding carboxylic acids is 1. The Labute approximate surface area is 164 Å². The van der Waals surface area contributed by atoms with Crippen LogP contribution in [0, 0.1) is 0 Å². The summed E-state index contributed by atoms with van der Waals surface area (Å²) in [6, 6.07) is 15.6. The first kappa shape index (κ1) is 19.5. The Morgan fingerprint density at radius 1 is 1.04 bits per heavy atom. The van der Waals surface area contributed by atoms with Crippen LogP contribution in [0.4, 0.5) is 0 Å². The Hall–Kier alpha value is -3.28. The van der Waals surface area contributed by atoms with E-state index < -0.39 is 0 Å². The topological polar surface area (TPSA) is 76.2 Å². The smallest absolute Gasteiger partial charge is 0.255 e. The highest BCUT2D eigenvalue weighted by atomic mass is 16.5. The van der Waals surface area contributed by atoms with E-state index in [4.69, 9.17) is 9.47 Å². The van der Waals surface area contributed by atoms with E-state index in [-0.39, 0.29) is 5.91 Å². The van der Waals surface area contributed by atoms with Gasteiger partial charge in [0.2, 0.25) is 0 Å². The number of hydrogen-bond donors (Lipinski definition) is 2. The Morgan fingerprint density at radius 2 is 1.79 bits per heavy atom. The lowest BCUT2D eigenvalue weighted by atomic mass is 10.1. The molecule has 1 aromatic heterocycles. The second-order valence-electron chi connectivity index (χ2n) is 6.18. The second-order valence-corrected chi connectivity index (χ2v) is 6.18. The third-order valence-corrected chi connectivity index (χ3v) is 4.25. The average molecular weight is 379 g/mol. The molecule has 0 unspecified atom stereocenters. The number of nitrogens with one attached hydrogen (secondary N) is 2. The van der Waals surface area contributed by atoms with Crippen LogP contribution in [0.25, 0.3) is 11.3 Å². The van der Waals surface area contributed by atoms with Crippen molar-refractivity contribution in [2.45, 2.75) is 20.3 Å². The van der Waals surface area contributed by atoms with Crippen molar-refractivity contribution in [1.82, 2.24) is 15.5 Å². The summed E-state index contributed by atoms with van der Waals surface area (Å²) >= 11 is 0. The summed E-state index contributed by atoms with van der Waals surface area (Å²) in [6.07, 6.45) is 2.25. The minimum absolute atomic E-state index is 0.149. The molecule has 3 aromatic rings. The minimum Gasteiger partial charge on any atom is -0.490 e. The predicted octanol–water partition coefficient (Wildman–Crippen LogP) is 3.85. The van der Waals surface area contributed by atoms with Crippen LogP contribution in [-0.4, -0.2) is 35.9 Å². The largest absolute Gasteiger partial charge is 0.490 e. The molecule has 0 saturated carbocycles. The molecule has 6 heteroatoms. The van der Waals surface area contributed by atoms with Crippen molar-refractivity contribution in [3.05, 3.63) is 65.9 Å². The number of amides is 1. The summed E-state index contributed by atoms with van der Waals surface area (Å²) in [5.41, 5.74) is 3.26. The fraction of sp³-hybridized carbons (Fsp3) is 0.273. The maximum atomic E-state index is 12.6. The molecule has 0 atom stereocenters. The minimum atomic E-state index is -0.149. The molecular weight excluding hydrogens is 354 g/mol. The summed E-state index contributed by atoms with van der Waals surface area (Å²) in [5.74, 6) is 1.32. The third kappa shape index (κ3) is 4.71. The molecule has 0 aliphatic carbocycles. The number of nitrogens with zero attached hydrogens (tertiary/aromatic N) is 1. The molecule has 2 aromatic carbocycles. The van der Waals surface area contributed by atoms with Crippen molar-refractivity contribution in [1.29, 1.82) is 0 Å². The van der Waals surface area contributed by atoms with Crippen LogP contribution < -0.4 is 14.8 Å². The van der Waals surface area contributed by atoms with E-state index in [0.717, 1.165) is 28.3 Å². The van der Waals surface area contributed by atoms with Gasteiger partial charge in [-0.25, -0.2) is 0 Å². The van der Waals surface area contributed by atoms with Gasteiger partial charge in [0.1, 0.15) is 0 Å². The first-order chi connectivity index (χ1) is 13.7. The third-order valence-electron chi connectivity index (χ3n) is 4.25. The van der Waals surface area contributed by atoms with Crippen molar-refractivity contribution in [2.75, 3.05) is 19.8 Å². The van der Waals surface area contributed by atoms with Crippen LogP contribution in [0.2, 0.25) is 0 Å². The molecule has 0 aliphatic heterocycles. The van der Waals surface area contributed by atoms with Gasteiger partial charge in [-0.15, -0.1) is 0 Å². The van der Waals surface area contributed by atoms with Crippen molar-refractivity contribution >= 4 is 5.91 Å². The molecule has 1 heterocycles. The highest BCUT2D eigenvalue weighted by Crippen LogP contribution is 2.28. The first-order valence-corrected chi connectivity index (χ1v) is 9.48. The molecule has 0 fully saturated rings. The molecule has 0 aliphatic rings. The van der Waals surface area contributed by atoms with E-state index in [0.29, 0.717) is 31.7 Å².